The lowest BCUT2D eigenvalue weighted by Gasteiger charge is -2.17. The predicted octanol–water partition coefficient (Wildman–Crippen LogP) is -0.633. The first-order valence-electron chi connectivity index (χ1n) is 4.96. The van der Waals surface area contributed by atoms with Crippen molar-refractivity contribution in [2.75, 3.05) is 11.9 Å². The molecule has 4 N–H and O–H groups in total. The van der Waals surface area contributed by atoms with Gasteiger partial charge in [0.25, 0.3) is 5.91 Å². The summed E-state index contributed by atoms with van der Waals surface area (Å²) in [6, 6.07) is 0.623. The molecule has 0 bridgehead atoms. The zero-order valence-electron chi connectivity index (χ0n) is 8.84. The number of aromatic nitrogens is 1. The highest BCUT2D eigenvalue weighted by atomic mass is 16.5. The van der Waals surface area contributed by atoms with Gasteiger partial charge < -0.3 is 20.9 Å². The minimum Gasteiger partial charge on any atom is -0.480 e. The largest absolute Gasteiger partial charge is 0.480 e. The number of amides is 1. The van der Waals surface area contributed by atoms with Crippen molar-refractivity contribution in [1.29, 1.82) is 0 Å². The molecular formula is C10H11N3O4. The fourth-order valence-electron chi connectivity index (χ4n) is 1.47. The van der Waals surface area contributed by atoms with Crippen molar-refractivity contribution in [2.24, 2.45) is 5.73 Å². The van der Waals surface area contributed by atoms with Gasteiger partial charge >= 0.3 is 5.97 Å². The maximum Gasteiger partial charge on any atom is 0.320 e. The summed E-state index contributed by atoms with van der Waals surface area (Å²) in [4.78, 5) is 25.7. The number of fused-ring (bicyclic) bond motifs is 1. The molecule has 0 aromatic carbocycles. The molecule has 7 nitrogen and oxygen atoms in total. The molecule has 1 aliphatic rings. The summed E-state index contributed by atoms with van der Waals surface area (Å²) in [5.74, 6) is -1.01. The van der Waals surface area contributed by atoms with Crippen LogP contribution >= 0.6 is 0 Å². The van der Waals surface area contributed by atoms with Crippen LogP contribution in [0.1, 0.15) is 5.56 Å². The van der Waals surface area contributed by atoms with E-state index < -0.39 is 12.0 Å². The molecule has 1 aromatic rings. The number of ether oxygens (including phenoxy) is 1. The molecule has 0 fully saturated rings. The van der Waals surface area contributed by atoms with Crippen molar-refractivity contribution in [1.82, 2.24) is 4.98 Å². The molecule has 1 atom stereocenters. The van der Waals surface area contributed by atoms with Gasteiger partial charge in [0.2, 0.25) is 5.88 Å². The van der Waals surface area contributed by atoms with Gasteiger partial charge in [-0.1, -0.05) is 0 Å². The Morgan fingerprint density at radius 1 is 1.71 bits per heavy atom. The van der Waals surface area contributed by atoms with E-state index in [1.165, 1.54) is 6.20 Å². The number of carbonyl (C=O) groups is 2. The number of nitrogens with one attached hydrogen (secondary N) is 1. The molecule has 7 heteroatoms. The van der Waals surface area contributed by atoms with Crippen molar-refractivity contribution in [3.63, 3.8) is 0 Å². The monoisotopic (exact) mass is 237 g/mol. The van der Waals surface area contributed by atoms with Gasteiger partial charge in [0.1, 0.15) is 11.7 Å². The van der Waals surface area contributed by atoms with Crippen molar-refractivity contribution >= 4 is 17.6 Å². The van der Waals surface area contributed by atoms with E-state index in [-0.39, 0.29) is 18.9 Å². The molecule has 2 heterocycles. The van der Waals surface area contributed by atoms with Gasteiger partial charge in [0.15, 0.2) is 6.61 Å². The third-order valence-corrected chi connectivity index (χ3v) is 2.29. The number of hydrogen-bond acceptors (Lipinski definition) is 5. The number of carboxylic acid groups (broad SMARTS) is 1. The Kier molecular flexibility index (Phi) is 2.92. The number of carboxylic acids is 1. The Hall–Kier alpha value is -2.15. The number of pyridine rings is 1. The number of rotatable bonds is 3. The second kappa shape index (κ2) is 4.38. The van der Waals surface area contributed by atoms with E-state index in [1.54, 1.807) is 6.07 Å². The Bertz CT molecular complexity index is 475. The Morgan fingerprint density at radius 3 is 3.18 bits per heavy atom. The number of nitrogens with zero attached hydrogens (tertiary/aromatic N) is 1. The first kappa shape index (κ1) is 11.3. The summed E-state index contributed by atoms with van der Waals surface area (Å²) >= 11 is 0. The van der Waals surface area contributed by atoms with Crippen LogP contribution in [0, 0.1) is 0 Å². The molecule has 0 aliphatic carbocycles. The molecule has 17 heavy (non-hydrogen) atoms. The molecular weight excluding hydrogens is 226 g/mol. The molecule has 1 unspecified atom stereocenters. The minimum atomic E-state index is -1.08. The average Bonchev–Trinajstić information content (AvgIpc) is 2.28. The molecule has 1 aromatic heterocycles. The quantitative estimate of drug-likeness (QED) is 0.644. The van der Waals surface area contributed by atoms with Crippen molar-refractivity contribution < 1.29 is 19.4 Å². The Morgan fingerprint density at radius 2 is 2.47 bits per heavy atom. The van der Waals surface area contributed by atoms with Crippen LogP contribution in [0.2, 0.25) is 0 Å². The van der Waals surface area contributed by atoms with Crippen LogP contribution in [0.5, 0.6) is 5.88 Å². The Balaban J connectivity index is 2.18. The van der Waals surface area contributed by atoms with Crippen LogP contribution in [-0.2, 0) is 16.0 Å². The van der Waals surface area contributed by atoms with E-state index in [2.05, 4.69) is 10.3 Å². The maximum absolute atomic E-state index is 11.1. The highest BCUT2D eigenvalue weighted by Crippen LogP contribution is 2.25. The van der Waals surface area contributed by atoms with E-state index in [0.29, 0.717) is 17.1 Å². The molecule has 1 aliphatic heterocycles. The lowest BCUT2D eigenvalue weighted by molar-refractivity contribution is -0.138. The number of hydrogen-bond donors (Lipinski definition) is 3. The lowest BCUT2D eigenvalue weighted by atomic mass is 10.1. The molecule has 90 valence electrons. The van der Waals surface area contributed by atoms with E-state index in [4.69, 9.17) is 15.6 Å². The van der Waals surface area contributed by atoms with Gasteiger partial charge in [0, 0.05) is 6.20 Å². The maximum atomic E-state index is 11.1. The number of anilines is 1. The normalized spacial score (nSPS) is 15.5. The standard InChI is InChI=1S/C10H11N3O4/c11-6(10(15)16)1-5-2-7-9(12-3-5)17-4-8(14)13-7/h2-3,6H,1,4,11H2,(H,13,14)(H,15,16). The van der Waals surface area contributed by atoms with E-state index in [1.807, 2.05) is 0 Å². The number of carbonyl (C=O) groups excluding carboxylic acids is 1. The van der Waals surface area contributed by atoms with Gasteiger partial charge in [-0.15, -0.1) is 0 Å². The highest BCUT2D eigenvalue weighted by molar-refractivity contribution is 5.94. The van der Waals surface area contributed by atoms with Gasteiger partial charge in [-0.25, -0.2) is 4.98 Å². The fourth-order valence-corrected chi connectivity index (χ4v) is 1.47. The van der Waals surface area contributed by atoms with Crippen LogP contribution in [0.4, 0.5) is 5.69 Å². The van der Waals surface area contributed by atoms with Gasteiger partial charge in [-0.05, 0) is 18.1 Å². The number of aliphatic carboxylic acids is 1. The third kappa shape index (κ3) is 2.51. The Labute approximate surface area is 96.6 Å². The van der Waals surface area contributed by atoms with E-state index in [9.17, 15) is 9.59 Å². The first-order chi connectivity index (χ1) is 8.06. The fraction of sp³-hybridized carbons (Fsp3) is 0.300. The number of nitrogens with two attached hydrogens (primary N) is 1. The summed E-state index contributed by atoms with van der Waals surface area (Å²) in [6.07, 6.45) is 1.63. The second-order valence-electron chi connectivity index (χ2n) is 3.68. The summed E-state index contributed by atoms with van der Waals surface area (Å²) in [7, 11) is 0. The molecule has 0 radical (unpaired) electrons. The smallest absolute Gasteiger partial charge is 0.320 e. The van der Waals surface area contributed by atoms with E-state index in [0.717, 1.165) is 0 Å². The summed E-state index contributed by atoms with van der Waals surface area (Å²) in [5, 5.41) is 11.3. The lowest BCUT2D eigenvalue weighted by Crippen LogP contribution is -2.32. The second-order valence-corrected chi connectivity index (χ2v) is 3.68. The van der Waals surface area contributed by atoms with Crippen LogP contribution < -0.4 is 15.8 Å². The summed E-state index contributed by atoms with van der Waals surface area (Å²) in [5.41, 5.74) is 6.48. The van der Waals surface area contributed by atoms with Crippen molar-refractivity contribution in [3.05, 3.63) is 17.8 Å². The highest BCUT2D eigenvalue weighted by Gasteiger charge is 2.19. The zero-order chi connectivity index (χ0) is 12.4. The predicted molar refractivity (Wildman–Crippen MR) is 57.7 cm³/mol. The van der Waals surface area contributed by atoms with Gasteiger partial charge in [-0.2, -0.15) is 0 Å². The van der Waals surface area contributed by atoms with Crippen LogP contribution in [0.3, 0.4) is 0 Å². The van der Waals surface area contributed by atoms with Crippen LogP contribution in [-0.4, -0.2) is 34.6 Å². The van der Waals surface area contributed by atoms with Gasteiger partial charge in [-0.3, -0.25) is 9.59 Å². The molecule has 0 saturated carbocycles. The van der Waals surface area contributed by atoms with Crippen LogP contribution in [0.25, 0.3) is 0 Å². The minimum absolute atomic E-state index is 0.0615. The topological polar surface area (TPSA) is 115 Å². The zero-order valence-corrected chi connectivity index (χ0v) is 8.84. The SMILES string of the molecule is NC(Cc1cnc2c(c1)NC(=O)CO2)C(=O)O. The molecule has 0 spiro atoms. The summed E-state index contributed by atoms with van der Waals surface area (Å²) < 4.78 is 5.07. The van der Waals surface area contributed by atoms with Crippen LogP contribution in [0.15, 0.2) is 12.3 Å². The van der Waals surface area contributed by atoms with Crippen molar-refractivity contribution in [2.45, 2.75) is 12.5 Å². The summed E-state index contributed by atoms with van der Waals surface area (Å²) in [6.45, 7) is -0.0615. The molecule has 2 rings (SSSR count). The third-order valence-electron chi connectivity index (χ3n) is 2.29. The average molecular weight is 237 g/mol. The first-order valence-corrected chi connectivity index (χ1v) is 4.96. The molecule has 1 amide bonds. The molecule has 0 saturated heterocycles. The van der Waals surface area contributed by atoms with Gasteiger partial charge in [0.05, 0.1) is 0 Å². The van der Waals surface area contributed by atoms with Crippen molar-refractivity contribution in [3.8, 4) is 5.88 Å². The van der Waals surface area contributed by atoms with E-state index >= 15 is 0 Å².